The summed E-state index contributed by atoms with van der Waals surface area (Å²) in [5.41, 5.74) is 0.885. The highest BCUT2D eigenvalue weighted by Gasteiger charge is 2.39. The van der Waals surface area contributed by atoms with Crippen molar-refractivity contribution in [1.82, 2.24) is 14.2 Å². The molecular formula is C23H35N3O7S. The third-order valence-corrected chi connectivity index (χ3v) is 8.70. The number of esters is 2. The number of aromatic nitrogens is 1. The number of nitrogens with zero attached hydrogens (tertiary/aromatic N) is 2. The number of carbonyl (C=O) groups excluding carboxylic acids is 3. The first-order chi connectivity index (χ1) is 16.1. The van der Waals surface area contributed by atoms with Crippen molar-refractivity contribution < 1.29 is 32.3 Å². The summed E-state index contributed by atoms with van der Waals surface area (Å²) in [7, 11) is -3.94. The molecule has 1 N–H and O–H groups in total. The van der Waals surface area contributed by atoms with Crippen LogP contribution in [0.5, 0.6) is 0 Å². The van der Waals surface area contributed by atoms with E-state index < -0.39 is 16.0 Å². The zero-order valence-corrected chi connectivity index (χ0v) is 21.2. The number of H-pyrrole nitrogens is 1. The van der Waals surface area contributed by atoms with E-state index in [1.165, 1.54) is 4.31 Å². The van der Waals surface area contributed by atoms with E-state index in [2.05, 4.69) is 4.98 Å². The van der Waals surface area contributed by atoms with Gasteiger partial charge in [0.25, 0.3) is 0 Å². The van der Waals surface area contributed by atoms with Gasteiger partial charge in [-0.15, -0.1) is 0 Å². The third kappa shape index (κ3) is 5.30. The number of ether oxygens (including phenoxy) is 2. The molecule has 2 fully saturated rings. The monoisotopic (exact) mass is 497 g/mol. The van der Waals surface area contributed by atoms with Crippen molar-refractivity contribution >= 4 is 27.9 Å². The number of amides is 1. The molecule has 2 saturated heterocycles. The molecular weight excluding hydrogens is 462 g/mol. The summed E-state index contributed by atoms with van der Waals surface area (Å²) < 4.78 is 38.4. The van der Waals surface area contributed by atoms with Crippen LogP contribution in [-0.2, 0) is 29.1 Å². The van der Waals surface area contributed by atoms with Crippen LogP contribution in [0.2, 0.25) is 0 Å². The number of aryl methyl sites for hydroxylation is 2. The highest BCUT2D eigenvalue weighted by molar-refractivity contribution is 7.89. The van der Waals surface area contributed by atoms with Crippen LogP contribution in [-0.4, -0.2) is 79.8 Å². The lowest BCUT2D eigenvalue weighted by molar-refractivity contribution is -0.152. The topological polar surface area (TPSA) is 126 Å². The molecule has 11 heteroatoms. The normalized spacial score (nSPS) is 18.6. The number of carbonyl (C=O) groups is 3. The maximum atomic E-state index is 13.4. The molecule has 10 nitrogen and oxygen atoms in total. The zero-order chi connectivity index (χ0) is 25.0. The van der Waals surface area contributed by atoms with E-state index >= 15 is 0 Å². The fraction of sp³-hybridized carbons (Fsp3) is 0.696. The van der Waals surface area contributed by atoms with Crippen molar-refractivity contribution in [3.05, 3.63) is 17.0 Å². The summed E-state index contributed by atoms with van der Waals surface area (Å²) in [5, 5.41) is 0. The van der Waals surface area contributed by atoms with Crippen LogP contribution in [0.3, 0.4) is 0 Å². The summed E-state index contributed by atoms with van der Waals surface area (Å²) >= 11 is 0. The fourth-order valence-corrected chi connectivity index (χ4v) is 6.74. The van der Waals surface area contributed by atoms with Crippen LogP contribution in [0.25, 0.3) is 0 Å². The summed E-state index contributed by atoms with van der Waals surface area (Å²) in [6, 6.07) is 0. The summed E-state index contributed by atoms with van der Waals surface area (Å²) in [4.78, 5) is 42.1. The third-order valence-electron chi connectivity index (χ3n) is 6.62. The minimum absolute atomic E-state index is 0.0141. The molecule has 0 aromatic carbocycles. The lowest BCUT2D eigenvalue weighted by Gasteiger charge is -2.36. The highest BCUT2D eigenvalue weighted by Crippen LogP contribution is 2.31. The van der Waals surface area contributed by atoms with Crippen LogP contribution in [0, 0.1) is 25.7 Å². The van der Waals surface area contributed by atoms with Crippen LogP contribution < -0.4 is 0 Å². The van der Waals surface area contributed by atoms with Crippen molar-refractivity contribution in [2.75, 3.05) is 39.4 Å². The first kappa shape index (κ1) is 26.2. The van der Waals surface area contributed by atoms with Crippen LogP contribution >= 0.6 is 0 Å². The van der Waals surface area contributed by atoms with Crippen LogP contribution in [0.15, 0.2) is 4.90 Å². The number of aromatic amines is 1. The van der Waals surface area contributed by atoms with Gasteiger partial charge in [-0.2, -0.15) is 4.31 Å². The predicted octanol–water partition coefficient (Wildman–Crippen LogP) is 2.01. The Labute approximate surface area is 201 Å². The van der Waals surface area contributed by atoms with Gasteiger partial charge in [-0.25, -0.2) is 13.2 Å². The minimum Gasteiger partial charge on any atom is -0.466 e. The molecule has 0 spiro atoms. The van der Waals surface area contributed by atoms with Crippen molar-refractivity contribution in [1.29, 1.82) is 0 Å². The van der Waals surface area contributed by atoms with Gasteiger partial charge in [0.05, 0.1) is 19.1 Å². The molecule has 34 heavy (non-hydrogen) atoms. The van der Waals surface area contributed by atoms with Crippen LogP contribution in [0.4, 0.5) is 0 Å². The van der Waals surface area contributed by atoms with Crippen molar-refractivity contribution in [2.24, 2.45) is 11.8 Å². The molecule has 1 amide bonds. The summed E-state index contributed by atoms with van der Waals surface area (Å²) in [6.45, 7) is 8.62. The number of hydrogen-bond acceptors (Lipinski definition) is 7. The van der Waals surface area contributed by atoms with Gasteiger partial charge >= 0.3 is 11.9 Å². The second-order valence-electron chi connectivity index (χ2n) is 8.83. The Balaban J connectivity index is 1.63. The average Bonchev–Trinajstić information content (AvgIpc) is 3.13. The number of nitrogens with one attached hydrogen (secondary N) is 1. The van der Waals surface area contributed by atoms with E-state index in [4.69, 9.17) is 9.47 Å². The first-order valence-electron chi connectivity index (χ1n) is 11.9. The number of hydrogen-bond donors (Lipinski definition) is 1. The van der Waals surface area contributed by atoms with E-state index in [0.29, 0.717) is 56.8 Å². The van der Waals surface area contributed by atoms with E-state index in [-0.39, 0.29) is 53.9 Å². The Morgan fingerprint density at radius 3 is 2.00 bits per heavy atom. The molecule has 2 aliphatic heterocycles. The van der Waals surface area contributed by atoms with Gasteiger partial charge in [0, 0.05) is 43.5 Å². The van der Waals surface area contributed by atoms with E-state index in [0.717, 1.165) is 0 Å². The van der Waals surface area contributed by atoms with Gasteiger partial charge < -0.3 is 19.4 Å². The Kier molecular flexibility index (Phi) is 8.40. The SMILES string of the molecule is CCOC(=O)c1c(C)[nH]c(C)c1S(=O)(=O)N1CCC(C(=O)N2CCC(C(=O)OCC)CC2)CC1. The predicted molar refractivity (Wildman–Crippen MR) is 124 cm³/mol. The molecule has 2 aliphatic rings. The largest absolute Gasteiger partial charge is 0.466 e. The van der Waals surface area contributed by atoms with Crippen molar-refractivity contribution in [3.8, 4) is 0 Å². The number of sulfonamides is 1. The van der Waals surface area contributed by atoms with Crippen molar-refractivity contribution in [2.45, 2.75) is 58.3 Å². The quantitative estimate of drug-likeness (QED) is 0.571. The van der Waals surface area contributed by atoms with Gasteiger partial charge in [0.15, 0.2) is 0 Å². The van der Waals surface area contributed by atoms with Gasteiger partial charge in [-0.3, -0.25) is 9.59 Å². The Morgan fingerprint density at radius 2 is 1.44 bits per heavy atom. The maximum absolute atomic E-state index is 13.4. The van der Waals surface area contributed by atoms with Gasteiger partial charge in [0.2, 0.25) is 15.9 Å². The zero-order valence-electron chi connectivity index (χ0n) is 20.4. The minimum atomic E-state index is -3.94. The number of likely N-dealkylation sites (tertiary alicyclic amines) is 1. The second kappa shape index (κ2) is 10.9. The summed E-state index contributed by atoms with van der Waals surface area (Å²) in [5.74, 6) is -1.29. The highest BCUT2D eigenvalue weighted by atomic mass is 32.2. The second-order valence-corrected chi connectivity index (χ2v) is 10.7. The number of rotatable bonds is 7. The Bertz CT molecular complexity index is 1020. The van der Waals surface area contributed by atoms with E-state index in [1.54, 1.807) is 32.6 Å². The molecule has 0 aliphatic carbocycles. The molecule has 0 bridgehead atoms. The van der Waals surface area contributed by atoms with Gasteiger partial charge in [-0.05, 0) is 53.4 Å². The van der Waals surface area contributed by atoms with E-state index in [1.807, 2.05) is 0 Å². The maximum Gasteiger partial charge on any atom is 0.341 e. The van der Waals surface area contributed by atoms with E-state index in [9.17, 15) is 22.8 Å². The summed E-state index contributed by atoms with van der Waals surface area (Å²) in [6.07, 6.45) is 1.99. The molecule has 3 heterocycles. The Morgan fingerprint density at radius 1 is 0.882 bits per heavy atom. The van der Waals surface area contributed by atoms with Crippen LogP contribution in [0.1, 0.15) is 61.3 Å². The standard InChI is InChI=1S/C23H35N3O7S/c1-5-32-22(28)18-7-11-25(12-8-18)21(27)17-9-13-26(14-10-17)34(30,31)20-16(4)24-15(3)19(20)23(29)33-6-2/h17-18,24H,5-14H2,1-4H3. The Hall–Kier alpha value is -2.40. The lowest BCUT2D eigenvalue weighted by atomic mass is 9.92. The molecule has 0 saturated carbocycles. The number of piperidine rings is 2. The van der Waals surface area contributed by atoms with Gasteiger partial charge in [-0.1, -0.05) is 0 Å². The molecule has 3 rings (SSSR count). The van der Waals surface area contributed by atoms with Crippen molar-refractivity contribution in [3.63, 3.8) is 0 Å². The molecule has 1 aromatic heterocycles. The fourth-order valence-electron chi connectivity index (χ4n) is 4.86. The van der Waals surface area contributed by atoms with Gasteiger partial charge in [0.1, 0.15) is 10.5 Å². The molecule has 190 valence electrons. The smallest absolute Gasteiger partial charge is 0.341 e. The molecule has 0 atom stereocenters. The average molecular weight is 498 g/mol. The molecule has 0 unspecified atom stereocenters. The lowest BCUT2D eigenvalue weighted by Crippen LogP contribution is -2.47. The molecule has 0 radical (unpaired) electrons. The molecule has 1 aromatic rings. The first-order valence-corrected chi connectivity index (χ1v) is 13.4.